The molecule has 0 saturated heterocycles. The molecule has 0 fully saturated rings. The van der Waals surface area contributed by atoms with Crippen LogP contribution in [0.5, 0.6) is 11.5 Å². The fourth-order valence-electron chi connectivity index (χ4n) is 4.16. The zero-order chi connectivity index (χ0) is 18.3. The Kier molecular flexibility index (Phi) is 4.03. The summed E-state index contributed by atoms with van der Waals surface area (Å²) >= 11 is 0. The van der Waals surface area contributed by atoms with Crippen LogP contribution in [0.25, 0.3) is 0 Å². The molecule has 1 aliphatic heterocycles. The van der Waals surface area contributed by atoms with E-state index >= 15 is 0 Å². The molecule has 3 atom stereocenters. The molecule has 0 amide bonds. The van der Waals surface area contributed by atoms with E-state index in [-0.39, 0.29) is 28.5 Å². The number of para-hydroxylation sites is 1. The summed E-state index contributed by atoms with van der Waals surface area (Å²) in [6.45, 7) is 0. The molecule has 134 valence electrons. The first-order chi connectivity index (χ1) is 12.6. The topological polar surface area (TPSA) is 73.6 Å². The van der Waals surface area contributed by atoms with E-state index in [4.69, 9.17) is 9.47 Å². The van der Waals surface area contributed by atoms with Crippen molar-refractivity contribution in [2.45, 2.75) is 18.4 Å². The molecule has 26 heavy (non-hydrogen) atoms. The largest absolute Gasteiger partial charge is 0.493 e. The second-order valence-electron chi connectivity index (χ2n) is 6.59. The highest BCUT2D eigenvalue weighted by Gasteiger charge is 2.40. The van der Waals surface area contributed by atoms with Gasteiger partial charge in [-0.15, -0.1) is 0 Å². The number of hydrogen-bond acceptors (Lipinski definition) is 5. The maximum atomic E-state index is 11.2. The van der Waals surface area contributed by atoms with Gasteiger partial charge in [0.2, 0.25) is 0 Å². The van der Waals surface area contributed by atoms with Gasteiger partial charge in [0.15, 0.2) is 11.5 Å². The van der Waals surface area contributed by atoms with Crippen molar-refractivity contribution in [1.82, 2.24) is 0 Å². The highest BCUT2D eigenvalue weighted by atomic mass is 16.6. The van der Waals surface area contributed by atoms with Crippen LogP contribution in [0, 0.1) is 16.0 Å². The quantitative estimate of drug-likeness (QED) is 0.500. The Balaban J connectivity index is 1.81. The standard InChI is InChI=1S/C20H20N2O4/c1-25-18-8-4-7-15(20(18)26-2)19-14-6-3-5-13(14)16-11-12(22(23)24)9-10-17(16)21-19/h3-5,7-11,13-14,19,21H,6H2,1-2H3/t13?,14?,19-/m0/s1. The summed E-state index contributed by atoms with van der Waals surface area (Å²) in [4.78, 5) is 10.8. The number of fused-ring (bicyclic) bond motifs is 3. The molecule has 0 bridgehead atoms. The van der Waals surface area contributed by atoms with Gasteiger partial charge in [-0.1, -0.05) is 24.3 Å². The van der Waals surface area contributed by atoms with Crippen LogP contribution < -0.4 is 14.8 Å². The zero-order valence-electron chi connectivity index (χ0n) is 14.6. The lowest BCUT2D eigenvalue weighted by molar-refractivity contribution is -0.384. The van der Waals surface area contributed by atoms with E-state index < -0.39 is 0 Å². The van der Waals surface area contributed by atoms with E-state index in [0.717, 1.165) is 29.0 Å². The van der Waals surface area contributed by atoms with Gasteiger partial charge in [0, 0.05) is 29.3 Å². The molecule has 0 spiro atoms. The molecule has 2 aliphatic rings. The van der Waals surface area contributed by atoms with Gasteiger partial charge >= 0.3 is 0 Å². The Morgan fingerprint density at radius 3 is 2.73 bits per heavy atom. The average molecular weight is 352 g/mol. The number of nitrogens with zero attached hydrogens (tertiary/aromatic N) is 1. The zero-order valence-corrected chi connectivity index (χ0v) is 14.6. The van der Waals surface area contributed by atoms with E-state index in [1.165, 1.54) is 0 Å². The van der Waals surface area contributed by atoms with Crippen LogP contribution in [0.3, 0.4) is 0 Å². The summed E-state index contributed by atoms with van der Waals surface area (Å²) in [5.41, 5.74) is 3.07. The molecular formula is C20H20N2O4. The van der Waals surface area contributed by atoms with Crippen molar-refractivity contribution in [1.29, 1.82) is 0 Å². The lowest BCUT2D eigenvalue weighted by Crippen LogP contribution is -2.29. The van der Waals surface area contributed by atoms with E-state index in [1.807, 2.05) is 18.2 Å². The number of nitro groups is 1. The molecule has 1 aliphatic carbocycles. The monoisotopic (exact) mass is 352 g/mol. The number of ether oxygens (including phenoxy) is 2. The molecule has 6 heteroatoms. The van der Waals surface area contributed by atoms with Crippen molar-refractivity contribution in [3.8, 4) is 11.5 Å². The summed E-state index contributed by atoms with van der Waals surface area (Å²) in [6.07, 6.45) is 5.23. The van der Waals surface area contributed by atoms with Crippen LogP contribution in [0.15, 0.2) is 48.6 Å². The predicted molar refractivity (Wildman–Crippen MR) is 99.0 cm³/mol. The lowest BCUT2D eigenvalue weighted by atomic mass is 9.76. The third-order valence-electron chi connectivity index (χ3n) is 5.33. The molecule has 4 rings (SSSR count). The summed E-state index contributed by atoms with van der Waals surface area (Å²) in [5, 5.41) is 14.7. The second kappa shape index (κ2) is 6.37. The van der Waals surface area contributed by atoms with Crippen molar-refractivity contribution in [3.05, 3.63) is 69.8 Å². The summed E-state index contributed by atoms with van der Waals surface area (Å²) in [6, 6.07) is 11.0. The van der Waals surface area contributed by atoms with Crippen LogP contribution in [-0.4, -0.2) is 19.1 Å². The Labute approximate surface area is 151 Å². The van der Waals surface area contributed by atoms with Gasteiger partial charge in [-0.3, -0.25) is 10.1 Å². The Morgan fingerprint density at radius 2 is 2.00 bits per heavy atom. The van der Waals surface area contributed by atoms with Crippen LogP contribution in [-0.2, 0) is 0 Å². The minimum absolute atomic E-state index is 0.0361. The maximum Gasteiger partial charge on any atom is 0.269 e. The van der Waals surface area contributed by atoms with Gasteiger partial charge < -0.3 is 14.8 Å². The Morgan fingerprint density at radius 1 is 1.15 bits per heavy atom. The predicted octanol–water partition coefficient (Wildman–Crippen LogP) is 4.44. The number of nitro benzene ring substituents is 1. The average Bonchev–Trinajstić information content (AvgIpc) is 3.16. The second-order valence-corrected chi connectivity index (χ2v) is 6.59. The number of rotatable bonds is 4. The lowest BCUT2D eigenvalue weighted by Gasteiger charge is -2.38. The first-order valence-corrected chi connectivity index (χ1v) is 8.56. The molecule has 2 unspecified atom stereocenters. The third-order valence-corrected chi connectivity index (χ3v) is 5.33. The molecular weight excluding hydrogens is 332 g/mol. The van der Waals surface area contributed by atoms with Crippen LogP contribution >= 0.6 is 0 Å². The minimum Gasteiger partial charge on any atom is -0.493 e. The van der Waals surface area contributed by atoms with Gasteiger partial charge in [0.25, 0.3) is 5.69 Å². The van der Waals surface area contributed by atoms with Crippen LogP contribution in [0.1, 0.15) is 29.5 Å². The summed E-state index contributed by atoms with van der Waals surface area (Å²) in [5.74, 6) is 1.84. The van der Waals surface area contributed by atoms with Crippen molar-refractivity contribution < 1.29 is 14.4 Å². The summed E-state index contributed by atoms with van der Waals surface area (Å²) in [7, 11) is 3.27. The number of nitrogens with one attached hydrogen (secondary N) is 1. The Bertz CT molecular complexity index is 893. The number of benzene rings is 2. The van der Waals surface area contributed by atoms with Crippen molar-refractivity contribution in [2.24, 2.45) is 5.92 Å². The molecule has 1 N–H and O–H groups in total. The molecule has 0 saturated carbocycles. The summed E-state index contributed by atoms with van der Waals surface area (Å²) < 4.78 is 11.1. The van der Waals surface area contributed by atoms with Crippen molar-refractivity contribution in [3.63, 3.8) is 0 Å². The first kappa shape index (κ1) is 16.4. The highest BCUT2D eigenvalue weighted by Crippen LogP contribution is 2.52. The fourth-order valence-corrected chi connectivity index (χ4v) is 4.16. The highest BCUT2D eigenvalue weighted by molar-refractivity contribution is 5.64. The van der Waals surface area contributed by atoms with E-state index in [9.17, 15) is 10.1 Å². The number of anilines is 1. The number of hydrogen-bond donors (Lipinski definition) is 1. The van der Waals surface area contributed by atoms with Gasteiger partial charge in [0.1, 0.15) is 0 Å². The number of allylic oxidation sites excluding steroid dienone is 2. The van der Waals surface area contributed by atoms with Crippen molar-refractivity contribution >= 4 is 11.4 Å². The van der Waals surface area contributed by atoms with E-state index in [0.29, 0.717) is 5.75 Å². The number of methoxy groups -OCH3 is 2. The smallest absolute Gasteiger partial charge is 0.269 e. The molecule has 1 heterocycles. The van der Waals surface area contributed by atoms with Crippen LogP contribution in [0.2, 0.25) is 0 Å². The Hall–Kier alpha value is -3.02. The number of non-ortho nitro benzene ring substituents is 1. The SMILES string of the molecule is COc1cccc([C@H]2Nc3ccc([N+](=O)[O-])cc3C3C=CCC32)c1OC. The molecule has 0 aromatic heterocycles. The van der Waals surface area contributed by atoms with Crippen LogP contribution in [0.4, 0.5) is 11.4 Å². The molecule has 2 aromatic carbocycles. The molecule has 6 nitrogen and oxygen atoms in total. The molecule has 2 aromatic rings. The fraction of sp³-hybridized carbons (Fsp3) is 0.300. The van der Waals surface area contributed by atoms with E-state index in [1.54, 1.807) is 32.4 Å². The first-order valence-electron chi connectivity index (χ1n) is 8.56. The van der Waals surface area contributed by atoms with Gasteiger partial charge in [-0.25, -0.2) is 0 Å². The third kappa shape index (κ3) is 2.49. The normalized spacial score (nSPS) is 22.9. The van der Waals surface area contributed by atoms with E-state index in [2.05, 4.69) is 17.5 Å². The maximum absolute atomic E-state index is 11.2. The molecule has 0 radical (unpaired) electrons. The van der Waals surface area contributed by atoms with Gasteiger partial charge in [-0.2, -0.15) is 0 Å². The minimum atomic E-state index is -0.342. The van der Waals surface area contributed by atoms with Gasteiger partial charge in [-0.05, 0) is 30.0 Å². The van der Waals surface area contributed by atoms with Crippen molar-refractivity contribution in [2.75, 3.05) is 19.5 Å². The van der Waals surface area contributed by atoms with Gasteiger partial charge in [0.05, 0.1) is 25.2 Å².